The summed E-state index contributed by atoms with van der Waals surface area (Å²) in [6.07, 6.45) is 0. The fourth-order valence-corrected chi connectivity index (χ4v) is 2.41. The highest BCUT2D eigenvalue weighted by Crippen LogP contribution is 2.23. The number of benzene rings is 1. The molecule has 0 saturated carbocycles. The Morgan fingerprint density at radius 2 is 2.12 bits per heavy atom. The summed E-state index contributed by atoms with van der Waals surface area (Å²) < 4.78 is 15.1. The van der Waals surface area contributed by atoms with E-state index in [0.717, 1.165) is 0 Å². The third-order valence-electron chi connectivity index (χ3n) is 2.18. The van der Waals surface area contributed by atoms with E-state index >= 15 is 0 Å². The van der Waals surface area contributed by atoms with Crippen LogP contribution in [0.4, 0.5) is 4.39 Å². The molecular formula is C10H6Br2FN3O. The molecule has 1 aromatic heterocycles. The van der Waals surface area contributed by atoms with Crippen molar-refractivity contribution in [1.82, 2.24) is 15.0 Å². The van der Waals surface area contributed by atoms with Gasteiger partial charge in [-0.1, -0.05) is 5.21 Å². The van der Waals surface area contributed by atoms with Crippen LogP contribution in [-0.4, -0.2) is 20.8 Å². The molecule has 2 aromatic rings. The largest absolute Gasteiger partial charge is 0.287 e. The number of aromatic nitrogens is 3. The molecule has 0 saturated heterocycles. The Hall–Kier alpha value is -1.08. The van der Waals surface area contributed by atoms with E-state index < -0.39 is 5.82 Å². The molecule has 0 atom stereocenters. The Morgan fingerprint density at radius 3 is 2.65 bits per heavy atom. The summed E-state index contributed by atoms with van der Waals surface area (Å²) in [6.45, 7) is 0. The molecule has 0 aliphatic heterocycles. The molecule has 0 aliphatic carbocycles. The molecule has 0 unspecified atom stereocenters. The first-order valence-corrected chi connectivity index (χ1v) is 6.14. The molecule has 17 heavy (non-hydrogen) atoms. The molecule has 0 radical (unpaired) electrons. The van der Waals surface area contributed by atoms with E-state index in [9.17, 15) is 9.18 Å². The van der Waals surface area contributed by atoms with E-state index in [1.807, 2.05) is 0 Å². The molecule has 0 amide bonds. The molecule has 0 fully saturated rings. The second-order valence-electron chi connectivity index (χ2n) is 3.31. The van der Waals surface area contributed by atoms with E-state index in [0.29, 0.717) is 20.3 Å². The predicted octanol–water partition coefficient (Wildman–Crippen LogP) is 2.71. The van der Waals surface area contributed by atoms with Gasteiger partial charge < -0.3 is 0 Å². The molecular weight excluding hydrogens is 357 g/mol. The average Bonchev–Trinajstić information content (AvgIpc) is 2.58. The van der Waals surface area contributed by atoms with Gasteiger partial charge in [0.1, 0.15) is 11.5 Å². The van der Waals surface area contributed by atoms with Gasteiger partial charge in [0, 0.05) is 17.1 Å². The van der Waals surface area contributed by atoms with Gasteiger partial charge in [-0.25, -0.2) is 9.07 Å². The number of halogens is 3. The number of hydrogen-bond acceptors (Lipinski definition) is 3. The average molecular weight is 363 g/mol. The monoisotopic (exact) mass is 361 g/mol. The van der Waals surface area contributed by atoms with Gasteiger partial charge in [0.25, 0.3) is 0 Å². The van der Waals surface area contributed by atoms with E-state index in [-0.39, 0.29) is 5.78 Å². The van der Waals surface area contributed by atoms with Crippen LogP contribution in [0.15, 0.2) is 27.3 Å². The lowest BCUT2D eigenvalue weighted by atomic mass is 10.1. The second-order valence-corrected chi connectivity index (χ2v) is 4.91. The topological polar surface area (TPSA) is 47.8 Å². The lowest BCUT2D eigenvalue weighted by Gasteiger charge is -2.04. The maximum absolute atomic E-state index is 12.9. The number of ketones is 1. The first-order valence-electron chi connectivity index (χ1n) is 4.55. The lowest BCUT2D eigenvalue weighted by Crippen LogP contribution is -2.09. The van der Waals surface area contributed by atoms with Crippen molar-refractivity contribution in [2.24, 2.45) is 7.05 Å². The lowest BCUT2D eigenvalue weighted by molar-refractivity contribution is 0.102. The summed E-state index contributed by atoms with van der Waals surface area (Å²) in [5.41, 5.74) is 0.676. The zero-order valence-electron chi connectivity index (χ0n) is 8.62. The summed E-state index contributed by atoms with van der Waals surface area (Å²) in [4.78, 5) is 12.2. The molecule has 2 rings (SSSR count). The predicted molar refractivity (Wildman–Crippen MR) is 66.2 cm³/mol. The molecule has 0 bridgehead atoms. The molecule has 88 valence electrons. The zero-order valence-corrected chi connectivity index (χ0v) is 11.8. The van der Waals surface area contributed by atoms with Crippen LogP contribution in [0.25, 0.3) is 0 Å². The fourth-order valence-electron chi connectivity index (χ4n) is 1.37. The van der Waals surface area contributed by atoms with Crippen LogP contribution in [0.1, 0.15) is 16.1 Å². The number of hydrogen-bond donors (Lipinski definition) is 0. The Balaban J connectivity index is 2.51. The summed E-state index contributed by atoms with van der Waals surface area (Å²) >= 11 is 6.31. The van der Waals surface area contributed by atoms with Crippen molar-refractivity contribution in [3.63, 3.8) is 0 Å². The molecule has 1 heterocycles. The van der Waals surface area contributed by atoms with Crippen molar-refractivity contribution in [2.45, 2.75) is 0 Å². The highest BCUT2D eigenvalue weighted by molar-refractivity contribution is 9.10. The van der Waals surface area contributed by atoms with Gasteiger partial charge in [-0.2, -0.15) is 0 Å². The van der Waals surface area contributed by atoms with Crippen LogP contribution in [0.2, 0.25) is 0 Å². The normalized spacial score (nSPS) is 10.6. The summed E-state index contributed by atoms with van der Waals surface area (Å²) in [7, 11) is 1.61. The Morgan fingerprint density at radius 1 is 1.41 bits per heavy atom. The second kappa shape index (κ2) is 4.66. The van der Waals surface area contributed by atoms with Crippen LogP contribution in [0, 0.1) is 5.82 Å². The number of rotatable bonds is 2. The molecule has 1 aromatic carbocycles. The van der Waals surface area contributed by atoms with Crippen LogP contribution < -0.4 is 0 Å². The third-order valence-corrected chi connectivity index (χ3v) is 3.37. The van der Waals surface area contributed by atoms with E-state index in [4.69, 9.17) is 0 Å². The van der Waals surface area contributed by atoms with Gasteiger partial charge in [-0.15, -0.1) is 5.10 Å². The number of nitrogens with zero attached hydrogens (tertiary/aromatic N) is 3. The van der Waals surface area contributed by atoms with Crippen LogP contribution in [-0.2, 0) is 7.05 Å². The van der Waals surface area contributed by atoms with Crippen LogP contribution in [0.5, 0.6) is 0 Å². The highest BCUT2D eigenvalue weighted by atomic mass is 79.9. The summed E-state index contributed by atoms with van der Waals surface area (Å²) in [6, 6.07) is 3.89. The standard InChI is InChI=1S/C10H6Br2FN3O/c1-16-8(10(12)14-15-16)9(17)6-3-2-5(13)4-7(6)11/h2-4H,1H3. The number of aryl methyl sites for hydroxylation is 1. The summed E-state index contributed by atoms with van der Waals surface area (Å²) in [5.74, 6) is -0.688. The zero-order chi connectivity index (χ0) is 12.6. The highest BCUT2D eigenvalue weighted by Gasteiger charge is 2.20. The van der Waals surface area contributed by atoms with Crippen molar-refractivity contribution in [3.05, 3.63) is 44.3 Å². The molecule has 0 spiro atoms. The third kappa shape index (κ3) is 2.30. The minimum atomic E-state index is -0.407. The SMILES string of the molecule is Cn1nnc(Br)c1C(=O)c1ccc(F)cc1Br. The summed E-state index contributed by atoms with van der Waals surface area (Å²) in [5, 5.41) is 7.45. The van der Waals surface area contributed by atoms with Crippen molar-refractivity contribution in [2.75, 3.05) is 0 Å². The minimum Gasteiger partial charge on any atom is -0.287 e. The first-order chi connectivity index (χ1) is 8.00. The number of carbonyl (C=O) groups is 1. The maximum atomic E-state index is 12.9. The first kappa shape index (κ1) is 12.4. The van der Waals surface area contributed by atoms with Crippen molar-refractivity contribution in [3.8, 4) is 0 Å². The van der Waals surface area contributed by atoms with Gasteiger partial charge >= 0.3 is 0 Å². The van der Waals surface area contributed by atoms with E-state index in [1.54, 1.807) is 7.05 Å². The van der Waals surface area contributed by atoms with E-state index in [1.165, 1.54) is 22.9 Å². The molecule has 0 aliphatic rings. The number of carbonyl (C=O) groups excluding carboxylic acids is 1. The maximum Gasteiger partial charge on any atom is 0.215 e. The molecule has 0 N–H and O–H groups in total. The van der Waals surface area contributed by atoms with Gasteiger partial charge in [-0.05, 0) is 50.1 Å². The van der Waals surface area contributed by atoms with Crippen molar-refractivity contribution in [1.29, 1.82) is 0 Å². The quantitative estimate of drug-likeness (QED) is 0.772. The van der Waals surface area contributed by atoms with Crippen LogP contribution >= 0.6 is 31.9 Å². The van der Waals surface area contributed by atoms with Gasteiger partial charge in [0.2, 0.25) is 5.78 Å². The van der Waals surface area contributed by atoms with Gasteiger partial charge in [0.15, 0.2) is 4.60 Å². The Bertz CT molecular complexity index is 578. The van der Waals surface area contributed by atoms with Crippen molar-refractivity contribution < 1.29 is 9.18 Å². The van der Waals surface area contributed by atoms with Crippen molar-refractivity contribution >= 4 is 37.6 Å². The smallest absolute Gasteiger partial charge is 0.215 e. The fraction of sp³-hybridized carbons (Fsp3) is 0.100. The van der Waals surface area contributed by atoms with Crippen LogP contribution in [0.3, 0.4) is 0 Å². The van der Waals surface area contributed by atoms with Gasteiger partial charge in [-0.3, -0.25) is 4.79 Å². The molecule has 7 heteroatoms. The molecule has 4 nitrogen and oxygen atoms in total. The van der Waals surface area contributed by atoms with Gasteiger partial charge in [0.05, 0.1) is 0 Å². The minimum absolute atomic E-state index is 0.281. The Kier molecular flexibility index (Phi) is 3.39. The Labute approximate surface area is 113 Å². The van der Waals surface area contributed by atoms with E-state index in [2.05, 4.69) is 42.2 Å².